The van der Waals surface area contributed by atoms with E-state index in [-0.39, 0.29) is 22.5 Å². The van der Waals surface area contributed by atoms with Crippen LogP contribution in [0.2, 0.25) is 5.28 Å². The number of aryl methyl sites for hydroxylation is 1. The number of aromatic nitrogens is 2. The van der Waals surface area contributed by atoms with Crippen LogP contribution in [-0.2, 0) is 0 Å². The molecular weight excluding hydrogens is 246 g/mol. The van der Waals surface area contributed by atoms with Crippen LogP contribution < -0.4 is 4.74 Å². The normalized spacial score (nSPS) is 10.6. The third kappa shape index (κ3) is 3.81. The SMILES string of the molecule is Cc1nc(Cl)nc(OCCC(C)C)c1[N+](=O)[O-]. The van der Waals surface area contributed by atoms with E-state index < -0.39 is 4.92 Å². The van der Waals surface area contributed by atoms with Gasteiger partial charge in [-0.05, 0) is 30.9 Å². The van der Waals surface area contributed by atoms with Gasteiger partial charge in [0.05, 0.1) is 11.5 Å². The quantitative estimate of drug-likeness (QED) is 0.461. The van der Waals surface area contributed by atoms with E-state index in [1.807, 2.05) is 13.8 Å². The molecule has 0 amide bonds. The molecule has 0 aliphatic rings. The zero-order valence-electron chi connectivity index (χ0n) is 9.94. The number of nitrogens with zero attached hydrogens (tertiary/aromatic N) is 3. The minimum atomic E-state index is -0.559. The third-order valence-electron chi connectivity index (χ3n) is 2.12. The Bertz CT molecular complexity index is 424. The van der Waals surface area contributed by atoms with E-state index in [0.717, 1.165) is 6.42 Å². The summed E-state index contributed by atoms with van der Waals surface area (Å²) in [6.45, 7) is 5.94. The number of hydrogen-bond acceptors (Lipinski definition) is 5. The number of ether oxygens (including phenoxy) is 1. The highest BCUT2D eigenvalue weighted by Crippen LogP contribution is 2.28. The van der Waals surface area contributed by atoms with Gasteiger partial charge < -0.3 is 4.74 Å². The molecule has 0 radical (unpaired) electrons. The molecule has 0 unspecified atom stereocenters. The Kier molecular flexibility index (Phi) is 4.62. The van der Waals surface area contributed by atoms with E-state index >= 15 is 0 Å². The lowest BCUT2D eigenvalue weighted by Gasteiger charge is -2.08. The molecule has 7 heteroatoms. The predicted octanol–water partition coefficient (Wildman–Crippen LogP) is 2.77. The molecule has 0 N–H and O–H groups in total. The first-order chi connectivity index (χ1) is 7.91. The average molecular weight is 260 g/mol. The predicted molar refractivity (Wildman–Crippen MR) is 63.4 cm³/mol. The van der Waals surface area contributed by atoms with Gasteiger partial charge in [0.1, 0.15) is 5.69 Å². The van der Waals surface area contributed by atoms with Crippen molar-refractivity contribution in [2.24, 2.45) is 5.92 Å². The van der Waals surface area contributed by atoms with E-state index in [1.54, 1.807) is 0 Å². The third-order valence-corrected chi connectivity index (χ3v) is 2.28. The summed E-state index contributed by atoms with van der Waals surface area (Å²) in [5.74, 6) is 0.389. The summed E-state index contributed by atoms with van der Waals surface area (Å²) < 4.78 is 5.29. The lowest BCUT2D eigenvalue weighted by molar-refractivity contribution is -0.387. The van der Waals surface area contributed by atoms with E-state index in [4.69, 9.17) is 16.3 Å². The van der Waals surface area contributed by atoms with Crippen molar-refractivity contribution < 1.29 is 9.66 Å². The van der Waals surface area contributed by atoms with E-state index in [1.165, 1.54) is 6.92 Å². The van der Waals surface area contributed by atoms with E-state index in [0.29, 0.717) is 12.5 Å². The highest BCUT2D eigenvalue weighted by molar-refractivity contribution is 6.28. The van der Waals surface area contributed by atoms with Crippen LogP contribution in [-0.4, -0.2) is 21.5 Å². The molecular formula is C10H14ClN3O3. The van der Waals surface area contributed by atoms with Crippen molar-refractivity contribution in [1.82, 2.24) is 9.97 Å². The largest absolute Gasteiger partial charge is 0.473 e. The molecule has 1 heterocycles. The Morgan fingerprint density at radius 2 is 2.12 bits per heavy atom. The maximum atomic E-state index is 10.9. The fourth-order valence-corrected chi connectivity index (χ4v) is 1.41. The fraction of sp³-hybridized carbons (Fsp3) is 0.600. The monoisotopic (exact) mass is 259 g/mol. The van der Waals surface area contributed by atoms with Gasteiger partial charge in [-0.1, -0.05) is 13.8 Å². The average Bonchev–Trinajstić information content (AvgIpc) is 2.14. The van der Waals surface area contributed by atoms with Gasteiger partial charge in [-0.15, -0.1) is 0 Å². The van der Waals surface area contributed by atoms with Crippen molar-refractivity contribution in [3.63, 3.8) is 0 Å². The highest BCUT2D eigenvalue weighted by Gasteiger charge is 2.23. The summed E-state index contributed by atoms with van der Waals surface area (Å²) in [7, 11) is 0. The van der Waals surface area contributed by atoms with Crippen LogP contribution in [0.25, 0.3) is 0 Å². The molecule has 0 aliphatic heterocycles. The molecule has 1 rings (SSSR count). The first-order valence-corrected chi connectivity index (χ1v) is 5.61. The van der Waals surface area contributed by atoms with Gasteiger partial charge in [0.25, 0.3) is 5.88 Å². The Morgan fingerprint density at radius 1 is 1.47 bits per heavy atom. The number of nitro groups is 1. The number of rotatable bonds is 5. The van der Waals surface area contributed by atoms with E-state index in [9.17, 15) is 10.1 Å². The zero-order chi connectivity index (χ0) is 13.0. The molecule has 94 valence electrons. The molecule has 0 aromatic carbocycles. The first kappa shape index (κ1) is 13.6. The van der Waals surface area contributed by atoms with E-state index in [2.05, 4.69) is 9.97 Å². The summed E-state index contributed by atoms with van der Waals surface area (Å²) in [6.07, 6.45) is 0.790. The molecule has 6 nitrogen and oxygen atoms in total. The first-order valence-electron chi connectivity index (χ1n) is 5.23. The molecule has 0 fully saturated rings. The standard InChI is InChI=1S/C10H14ClN3O3/c1-6(2)4-5-17-9-8(14(15)16)7(3)12-10(11)13-9/h6H,4-5H2,1-3H3. The Hall–Kier alpha value is -1.43. The summed E-state index contributed by atoms with van der Waals surface area (Å²) in [4.78, 5) is 17.8. The zero-order valence-corrected chi connectivity index (χ0v) is 10.7. The summed E-state index contributed by atoms with van der Waals surface area (Å²) in [5.41, 5.74) is -0.0206. The lowest BCUT2D eigenvalue weighted by atomic mass is 10.1. The minimum absolute atomic E-state index is 0.0485. The van der Waals surface area contributed by atoms with Crippen LogP contribution in [0.15, 0.2) is 0 Å². The van der Waals surface area contributed by atoms with Crippen LogP contribution in [0.4, 0.5) is 5.69 Å². The van der Waals surface area contributed by atoms with Gasteiger partial charge in [-0.2, -0.15) is 4.98 Å². The lowest BCUT2D eigenvalue weighted by Crippen LogP contribution is -2.07. The Morgan fingerprint density at radius 3 is 2.65 bits per heavy atom. The second kappa shape index (κ2) is 5.77. The van der Waals surface area contributed by atoms with Crippen molar-refractivity contribution in [3.8, 4) is 5.88 Å². The number of halogens is 1. The molecule has 1 aromatic heterocycles. The topological polar surface area (TPSA) is 78.2 Å². The van der Waals surface area contributed by atoms with Gasteiger partial charge in [-0.25, -0.2) is 4.98 Å². The fourth-order valence-electron chi connectivity index (χ4n) is 1.21. The van der Waals surface area contributed by atoms with Gasteiger partial charge >= 0.3 is 5.69 Å². The van der Waals surface area contributed by atoms with Crippen LogP contribution >= 0.6 is 11.6 Å². The summed E-state index contributed by atoms with van der Waals surface area (Å²) in [6, 6.07) is 0. The summed E-state index contributed by atoms with van der Waals surface area (Å²) in [5, 5.41) is 10.8. The van der Waals surface area contributed by atoms with Crippen molar-refractivity contribution in [2.75, 3.05) is 6.61 Å². The highest BCUT2D eigenvalue weighted by atomic mass is 35.5. The molecule has 1 aromatic rings. The van der Waals surface area contributed by atoms with Gasteiger partial charge in [0.2, 0.25) is 5.28 Å². The molecule has 0 saturated heterocycles. The van der Waals surface area contributed by atoms with Crippen LogP contribution in [0.1, 0.15) is 26.0 Å². The smallest absolute Gasteiger partial charge is 0.352 e. The van der Waals surface area contributed by atoms with Crippen molar-refractivity contribution in [1.29, 1.82) is 0 Å². The maximum Gasteiger partial charge on any atom is 0.352 e. The van der Waals surface area contributed by atoms with Crippen LogP contribution in [0.3, 0.4) is 0 Å². The molecule has 0 aliphatic carbocycles. The van der Waals surface area contributed by atoms with Crippen LogP contribution in [0, 0.1) is 23.0 Å². The molecule has 0 atom stereocenters. The second-order valence-electron chi connectivity index (χ2n) is 4.02. The Balaban J connectivity index is 2.92. The van der Waals surface area contributed by atoms with Crippen molar-refractivity contribution in [2.45, 2.75) is 27.2 Å². The van der Waals surface area contributed by atoms with Gasteiger partial charge in [0, 0.05) is 0 Å². The van der Waals surface area contributed by atoms with Crippen LogP contribution in [0.5, 0.6) is 5.88 Å². The second-order valence-corrected chi connectivity index (χ2v) is 4.36. The van der Waals surface area contributed by atoms with Gasteiger partial charge in [-0.3, -0.25) is 10.1 Å². The molecule has 0 spiro atoms. The molecule has 17 heavy (non-hydrogen) atoms. The maximum absolute atomic E-state index is 10.9. The summed E-state index contributed by atoms with van der Waals surface area (Å²) >= 11 is 5.64. The van der Waals surface area contributed by atoms with Gasteiger partial charge in [0.15, 0.2) is 0 Å². The van der Waals surface area contributed by atoms with Crippen molar-refractivity contribution >= 4 is 17.3 Å². The Labute approximate surface area is 104 Å². The minimum Gasteiger partial charge on any atom is -0.473 e. The molecule has 0 saturated carbocycles. The van der Waals surface area contributed by atoms with Crippen molar-refractivity contribution in [3.05, 3.63) is 21.1 Å². The number of hydrogen-bond donors (Lipinski definition) is 0. The molecule has 0 bridgehead atoms.